The molecule has 0 bridgehead atoms. The number of fused-ring (bicyclic) bond motifs is 1. The van der Waals surface area contributed by atoms with E-state index in [-0.39, 0.29) is 24.1 Å². The molecule has 0 aliphatic rings. The fourth-order valence-corrected chi connectivity index (χ4v) is 2.50. The normalized spacial score (nSPS) is 12.1. The van der Waals surface area contributed by atoms with Gasteiger partial charge in [-0.3, -0.25) is 14.6 Å². The van der Waals surface area contributed by atoms with Gasteiger partial charge in [-0.2, -0.15) is 5.10 Å². The number of aryl methyl sites for hydroxylation is 1. The van der Waals surface area contributed by atoms with Gasteiger partial charge in [0, 0.05) is 17.8 Å². The Bertz CT molecular complexity index is 932. The summed E-state index contributed by atoms with van der Waals surface area (Å²) in [5.41, 5.74) is 1.88. The molecule has 1 aromatic carbocycles. The Morgan fingerprint density at radius 3 is 2.71 bits per heavy atom. The third kappa shape index (κ3) is 3.32. The molecular weight excluding hydrogens is 304 g/mol. The predicted octanol–water partition coefficient (Wildman–Crippen LogP) is 1.98. The summed E-state index contributed by atoms with van der Waals surface area (Å²) in [4.78, 5) is 28.5. The van der Waals surface area contributed by atoms with Crippen LogP contribution >= 0.6 is 0 Å². The Morgan fingerprint density at radius 2 is 1.96 bits per heavy atom. The van der Waals surface area contributed by atoms with E-state index in [2.05, 4.69) is 15.4 Å². The van der Waals surface area contributed by atoms with Crippen LogP contribution in [-0.2, 0) is 11.3 Å². The second kappa shape index (κ2) is 6.62. The topological polar surface area (TPSA) is 76.9 Å². The fourth-order valence-electron chi connectivity index (χ4n) is 2.50. The van der Waals surface area contributed by atoms with E-state index in [9.17, 15) is 9.59 Å². The summed E-state index contributed by atoms with van der Waals surface area (Å²) in [5.74, 6) is -0.258. The van der Waals surface area contributed by atoms with E-state index < -0.39 is 0 Å². The highest BCUT2D eigenvalue weighted by molar-refractivity contribution is 5.80. The third-order valence-electron chi connectivity index (χ3n) is 3.90. The SMILES string of the molecule is Cc1ccc([C@H](C)NC(=O)Cn2ncc3cnccc3c2=O)cc1. The average Bonchev–Trinajstić information content (AvgIpc) is 2.58. The summed E-state index contributed by atoms with van der Waals surface area (Å²) >= 11 is 0. The van der Waals surface area contributed by atoms with Gasteiger partial charge in [0.05, 0.1) is 17.6 Å². The third-order valence-corrected chi connectivity index (χ3v) is 3.90. The molecule has 0 aliphatic carbocycles. The standard InChI is InChI=1S/C18H18N4O2/c1-12-3-5-14(6-4-12)13(2)21-17(23)11-22-18(24)16-7-8-19-9-15(16)10-20-22/h3-10,13H,11H2,1-2H3,(H,21,23)/t13-/m0/s1. The minimum absolute atomic E-state index is 0.118. The van der Waals surface area contributed by atoms with Crippen LogP contribution < -0.4 is 10.9 Å². The summed E-state index contributed by atoms with van der Waals surface area (Å²) in [6.07, 6.45) is 4.67. The molecule has 0 spiro atoms. The molecule has 1 N–H and O–H groups in total. The molecule has 24 heavy (non-hydrogen) atoms. The number of nitrogens with one attached hydrogen (secondary N) is 1. The smallest absolute Gasteiger partial charge is 0.275 e. The van der Waals surface area contributed by atoms with Crippen LogP contribution in [0, 0.1) is 6.92 Å². The van der Waals surface area contributed by atoms with Crippen LogP contribution in [0.1, 0.15) is 24.1 Å². The lowest BCUT2D eigenvalue weighted by atomic mass is 10.1. The molecule has 3 rings (SSSR count). The number of aromatic nitrogens is 3. The van der Waals surface area contributed by atoms with Crippen molar-refractivity contribution < 1.29 is 4.79 Å². The molecule has 0 aliphatic heterocycles. The number of benzene rings is 1. The highest BCUT2D eigenvalue weighted by atomic mass is 16.2. The van der Waals surface area contributed by atoms with Gasteiger partial charge in [-0.15, -0.1) is 0 Å². The van der Waals surface area contributed by atoms with Crippen LogP contribution in [0.25, 0.3) is 10.8 Å². The highest BCUT2D eigenvalue weighted by Gasteiger charge is 2.12. The molecule has 3 aromatic rings. The molecule has 6 heteroatoms. The summed E-state index contributed by atoms with van der Waals surface area (Å²) in [6.45, 7) is 3.80. The Morgan fingerprint density at radius 1 is 1.21 bits per heavy atom. The van der Waals surface area contributed by atoms with Gasteiger partial charge in [-0.05, 0) is 25.5 Å². The molecule has 2 heterocycles. The number of carbonyl (C=O) groups is 1. The van der Waals surface area contributed by atoms with Crippen molar-refractivity contribution in [2.45, 2.75) is 26.4 Å². The monoisotopic (exact) mass is 322 g/mol. The number of hydrogen-bond acceptors (Lipinski definition) is 4. The van der Waals surface area contributed by atoms with E-state index in [4.69, 9.17) is 0 Å². The quantitative estimate of drug-likeness (QED) is 0.797. The lowest BCUT2D eigenvalue weighted by Gasteiger charge is -2.15. The Labute approximate surface area is 139 Å². The fraction of sp³-hybridized carbons (Fsp3) is 0.222. The Balaban J connectivity index is 1.74. The number of hydrogen-bond donors (Lipinski definition) is 1. The second-order valence-corrected chi connectivity index (χ2v) is 5.77. The summed E-state index contributed by atoms with van der Waals surface area (Å²) in [6, 6.07) is 9.45. The van der Waals surface area contributed by atoms with Crippen molar-refractivity contribution in [3.05, 3.63) is 70.4 Å². The highest BCUT2D eigenvalue weighted by Crippen LogP contribution is 2.13. The molecule has 6 nitrogen and oxygen atoms in total. The van der Waals surface area contributed by atoms with Crippen LogP contribution in [0.2, 0.25) is 0 Å². The van der Waals surface area contributed by atoms with Crippen LogP contribution in [0.15, 0.2) is 53.7 Å². The van der Waals surface area contributed by atoms with E-state index in [1.54, 1.807) is 24.7 Å². The maximum atomic E-state index is 12.3. The van der Waals surface area contributed by atoms with Crippen molar-refractivity contribution >= 4 is 16.7 Å². The van der Waals surface area contributed by atoms with Crippen molar-refractivity contribution in [2.75, 3.05) is 0 Å². The van der Waals surface area contributed by atoms with Crippen LogP contribution in [0.3, 0.4) is 0 Å². The van der Waals surface area contributed by atoms with Crippen molar-refractivity contribution in [1.82, 2.24) is 20.1 Å². The molecule has 1 amide bonds. The van der Waals surface area contributed by atoms with Gasteiger partial charge in [0.1, 0.15) is 6.54 Å². The first-order chi connectivity index (χ1) is 11.5. The summed E-state index contributed by atoms with van der Waals surface area (Å²) in [7, 11) is 0. The molecule has 0 unspecified atom stereocenters. The van der Waals surface area contributed by atoms with E-state index >= 15 is 0 Å². The molecule has 0 saturated heterocycles. The minimum atomic E-state index is -0.298. The van der Waals surface area contributed by atoms with Crippen LogP contribution in [-0.4, -0.2) is 20.7 Å². The maximum absolute atomic E-state index is 12.3. The van der Waals surface area contributed by atoms with E-state index in [1.165, 1.54) is 10.2 Å². The molecule has 0 fully saturated rings. The second-order valence-electron chi connectivity index (χ2n) is 5.77. The van der Waals surface area contributed by atoms with Gasteiger partial charge in [0.2, 0.25) is 5.91 Å². The Kier molecular flexibility index (Phi) is 4.37. The number of carbonyl (C=O) groups excluding carboxylic acids is 1. The number of nitrogens with zero attached hydrogens (tertiary/aromatic N) is 3. The van der Waals surface area contributed by atoms with Gasteiger partial charge < -0.3 is 5.32 Å². The van der Waals surface area contributed by atoms with Crippen LogP contribution in [0.4, 0.5) is 0 Å². The number of rotatable bonds is 4. The molecule has 2 aromatic heterocycles. The minimum Gasteiger partial charge on any atom is -0.348 e. The van der Waals surface area contributed by atoms with Gasteiger partial charge in [-0.25, -0.2) is 4.68 Å². The lowest BCUT2D eigenvalue weighted by molar-refractivity contribution is -0.122. The predicted molar refractivity (Wildman–Crippen MR) is 91.5 cm³/mol. The first kappa shape index (κ1) is 15.9. The maximum Gasteiger partial charge on any atom is 0.275 e. The number of pyridine rings is 1. The van der Waals surface area contributed by atoms with Gasteiger partial charge >= 0.3 is 0 Å². The van der Waals surface area contributed by atoms with Crippen molar-refractivity contribution in [1.29, 1.82) is 0 Å². The molecular formula is C18H18N4O2. The molecule has 1 atom stereocenters. The first-order valence-electron chi connectivity index (χ1n) is 7.70. The van der Waals surface area contributed by atoms with Crippen molar-refractivity contribution in [3.8, 4) is 0 Å². The molecule has 122 valence electrons. The zero-order valence-corrected chi connectivity index (χ0v) is 13.6. The molecule has 0 radical (unpaired) electrons. The van der Waals surface area contributed by atoms with E-state index in [1.807, 2.05) is 38.1 Å². The van der Waals surface area contributed by atoms with Crippen LogP contribution in [0.5, 0.6) is 0 Å². The van der Waals surface area contributed by atoms with Gasteiger partial charge in [0.15, 0.2) is 0 Å². The summed E-state index contributed by atoms with van der Waals surface area (Å²) < 4.78 is 1.17. The molecule has 0 saturated carbocycles. The number of amides is 1. The van der Waals surface area contributed by atoms with Gasteiger partial charge in [-0.1, -0.05) is 29.8 Å². The zero-order valence-electron chi connectivity index (χ0n) is 13.6. The first-order valence-corrected chi connectivity index (χ1v) is 7.70. The zero-order chi connectivity index (χ0) is 17.1. The average molecular weight is 322 g/mol. The Hall–Kier alpha value is -3.02. The van der Waals surface area contributed by atoms with Gasteiger partial charge in [0.25, 0.3) is 5.56 Å². The van der Waals surface area contributed by atoms with E-state index in [0.717, 1.165) is 5.56 Å². The largest absolute Gasteiger partial charge is 0.348 e. The van der Waals surface area contributed by atoms with E-state index in [0.29, 0.717) is 10.8 Å². The lowest BCUT2D eigenvalue weighted by Crippen LogP contribution is -2.34. The van der Waals surface area contributed by atoms with Crippen molar-refractivity contribution in [2.24, 2.45) is 0 Å². The van der Waals surface area contributed by atoms with Crippen molar-refractivity contribution in [3.63, 3.8) is 0 Å². The summed E-state index contributed by atoms with van der Waals surface area (Å²) in [5, 5.41) is 8.09.